The van der Waals surface area contributed by atoms with Crippen molar-refractivity contribution in [2.24, 2.45) is 5.73 Å². The number of nitrogens with one attached hydrogen (secondary N) is 1. The van der Waals surface area contributed by atoms with E-state index in [2.05, 4.69) is 4.98 Å². The van der Waals surface area contributed by atoms with Crippen LogP contribution in [0.15, 0.2) is 42.5 Å². The highest BCUT2D eigenvalue weighted by molar-refractivity contribution is 5.95. The minimum absolute atomic E-state index is 0.0419. The van der Waals surface area contributed by atoms with Crippen molar-refractivity contribution in [1.29, 1.82) is 5.41 Å². The van der Waals surface area contributed by atoms with Gasteiger partial charge < -0.3 is 34.7 Å². The zero-order valence-corrected chi connectivity index (χ0v) is 19.7. The zero-order chi connectivity index (χ0) is 26.4. The molecule has 0 radical (unpaired) electrons. The molecule has 0 unspecified atom stereocenters. The number of nitrogens with zero attached hydrogens (tertiary/aromatic N) is 2. The maximum atomic E-state index is 15.2. The van der Waals surface area contributed by atoms with Crippen LogP contribution in [0.3, 0.4) is 0 Å². The number of aromatic hydroxyl groups is 1. The van der Waals surface area contributed by atoms with Crippen LogP contribution in [-0.4, -0.2) is 49.2 Å². The average molecular weight is 502 g/mol. The summed E-state index contributed by atoms with van der Waals surface area (Å²) in [6, 6.07) is 10.3. The van der Waals surface area contributed by atoms with Crippen molar-refractivity contribution < 1.29 is 37.6 Å². The molecule has 0 aliphatic heterocycles. The molecule has 1 heterocycles. The fourth-order valence-electron chi connectivity index (χ4n) is 2.88. The molecule has 0 amide bonds. The van der Waals surface area contributed by atoms with E-state index in [4.69, 9.17) is 30.1 Å². The van der Waals surface area contributed by atoms with E-state index in [-0.39, 0.29) is 29.5 Å². The number of hydrogen-bond donors (Lipinski definition) is 3. The number of halogens is 2. The molecule has 0 saturated heterocycles. The van der Waals surface area contributed by atoms with E-state index in [0.29, 0.717) is 0 Å². The van der Waals surface area contributed by atoms with Crippen LogP contribution < -0.4 is 24.8 Å². The molecule has 1 aromatic heterocycles. The highest BCUT2D eigenvalue weighted by Gasteiger charge is 2.27. The lowest BCUT2D eigenvalue weighted by Crippen LogP contribution is -2.16. The summed E-state index contributed by atoms with van der Waals surface area (Å²) in [5.41, 5.74) is 6.36. The van der Waals surface area contributed by atoms with E-state index in [1.54, 1.807) is 44.1 Å². The first-order valence-corrected chi connectivity index (χ1v) is 10.6. The average Bonchev–Trinajstić information content (AvgIpc) is 2.83. The lowest BCUT2D eigenvalue weighted by atomic mass is 10.2. The normalized spacial score (nSPS) is 10.5. The smallest absolute Gasteiger partial charge is 0.344 e. The highest BCUT2D eigenvalue weighted by Crippen LogP contribution is 2.39. The zero-order valence-electron chi connectivity index (χ0n) is 19.7. The van der Waals surface area contributed by atoms with Crippen molar-refractivity contribution in [3.8, 4) is 34.8 Å². The number of anilines is 1. The van der Waals surface area contributed by atoms with Crippen molar-refractivity contribution in [1.82, 2.24) is 4.98 Å². The molecule has 0 atom stereocenters. The molecule has 10 nitrogen and oxygen atoms in total. The van der Waals surface area contributed by atoms with Gasteiger partial charge in [0.1, 0.15) is 11.6 Å². The SMILES string of the molecule is CCOC(=O)COc1c(F)c(Oc2cccc(N(C)C)c2)nc(Oc2cc(C(=N)N)ccc2O)c1F. The lowest BCUT2D eigenvalue weighted by molar-refractivity contribution is -0.145. The summed E-state index contributed by atoms with van der Waals surface area (Å²) >= 11 is 0. The van der Waals surface area contributed by atoms with E-state index in [1.807, 2.05) is 0 Å². The summed E-state index contributed by atoms with van der Waals surface area (Å²) < 4.78 is 51.1. The van der Waals surface area contributed by atoms with Gasteiger partial charge in [0.15, 0.2) is 18.1 Å². The second-order valence-corrected chi connectivity index (χ2v) is 7.46. The number of esters is 1. The number of carbonyl (C=O) groups excluding carboxylic acids is 1. The number of pyridine rings is 1. The Hall–Kier alpha value is -4.61. The van der Waals surface area contributed by atoms with Gasteiger partial charge in [0, 0.05) is 31.4 Å². The summed E-state index contributed by atoms with van der Waals surface area (Å²) in [5, 5.41) is 17.7. The van der Waals surface area contributed by atoms with Crippen molar-refractivity contribution in [3.05, 3.63) is 59.7 Å². The van der Waals surface area contributed by atoms with Crippen LogP contribution in [0.25, 0.3) is 0 Å². The van der Waals surface area contributed by atoms with Crippen molar-refractivity contribution in [3.63, 3.8) is 0 Å². The Balaban J connectivity index is 2.06. The number of ether oxygens (including phenoxy) is 4. The molecular formula is C24H24F2N4O6. The Bertz CT molecular complexity index is 1290. The van der Waals surface area contributed by atoms with E-state index < -0.39 is 47.5 Å². The lowest BCUT2D eigenvalue weighted by Gasteiger charge is -2.16. The van der Waals surface area contributed by atoms with Crippen molar-refractivity contribution in [2.45, 2.75) is 6.92 Å². The molecule has 190 valence electrons. The fraction of sp³-hybridized carbons (Fsp3) is 0.208. The first-order valence-electron chi connectivity index (χ1n) is 10.6. The van der Waals surface area contributed by atoms with Gasteiger partial charge in [-0.3, -0.25) is 5.41 Å². The largest absolute Gasteiger partial charge is 0.504 e. The minimum atomic E-state index is -1.40. The predicted octanol–water partition coefficient (Wildman–Crippen LogP) is 3.94. The van der Waals surface area contributed by atoms with Gasteiger partial charge in [0.25, 0.3) is 11.8 Å². The first kappa shape index (κ1) is 26.0. The summed E-state index contributed by atoms with van der Waals surface area (Å²) in [6.45, 7) is 0.804. The molecule has 0 bridgehead atoms. The summed E-state index contributed by atoms with van der Waals surface area (Å²) in [5.74, 6) is -7.07. The molecule has 0 fully saturated rings. The van der Waals surface area contributed by atoms with Gasteiger partial charge >= 0.3 is 5.97 Å². The van der Waals surface area contributed by atoms with Gasteiger partial charge in [-0.2, -0.15) is 13.8 Å². The molecule has 3 aromatic rings. The standard InChI is InChI=1S/C24H24F2N4O6/c1-4-33-18(32)12-34-21-19(25)23(35-15-7-5-6-14(11-15)30(2)3)29-24(20(21)26)36-17-10-13(22(27)28)8-9-16(17)31/h5-11,31H,4,12H2,1-3H3,(H3,27,28). The topological polar surface area (TPSA) is 140 Å². The summed E-state index contributed by atoms with van der Waals surface area (Å²) in [6.07, 6.45) is 0. The second kappa shape index (κ2) is 11.2. The third kappa shape index (κ3) is 6.09. The Kier molecular flexibility index (Phi) is 8.10. The molecule has 3 rings (SSSR count). The molecular weight excluding hydrogens is 478 g/mol. The van der Waals surface area contributed by atoms with Crippen LogP contribution in [0, 0.1) is 17.0 Å². The van der Waals surface area contributed by atoms with Gasteiger partial charge in [-0.15, -0.1) is 0 Å². The molecule has 12 heteroatoms. The fourth-order valence-corrected chi connectivity index (χ4v) is 2.88. The molecule has 36 heavy (non-hydrogen) atoms. The number of nitrogen functional groups attached to an aromatic ring is 1. The van der Waals surface area contributed by atoms with Crippen LogP contribution in [-0.2, 0) is 9.53 Å². The Morgan fingerprint density at radius 2 is 1.81 bits per heavy atom. The number of nitrogens with two attached hydrogens (primary N) is 1. The van der Waals surface area contributed by atoms with Crippen molar-refractivity contribution in [2.75, 3.05) is 32.2 Å². The number of rotatable bonds is 10. The quantitative estimate of drug-likeness (QED) is 0.214. The number of hydrogen-bond acceptors (Lipinski definition) is 9. The third-order valence-corrected chi connectivity index (χ3v) is 4.64. The van der Waals surface area contributed by atoms with Crippen LogP contribution in [0.1, 0.15) is 12.5 Å². The number of benzene rings is 2. The van der Waals surface area contributed by atoms with E-state index in [1.165, 1.54) is 24.3 Å². The predicted molar refractivity (Wildman–Crippen MR) is 126 cm³/mol. The number of amidine groups is 1. The van der Waals surface area contributed by atoms with Gasteiger partial charge in [-0.25, -0.2) is 4.79 Å². The summed E-state index contributed by atoms with van der Waals surface area (Å²) in [4.78, 5) is 17.3. The Morgan fingerprint density at radius 1 is 1.11 bits per heavy atom. The number of phenolic OH excluding ortho intramolecular Hbond substituents is 1. The number of carbonyl (C=O) groups is 1. The second-order valence-electron chi connectivity index (χ2n) is 7.46. The van der Waals surface area contributed by atoms with Gasteiger partial charge in [0.2, 0.25) is 17.4 Å². The van der Waals surface area contributed by atoms with Gasteiger partial charge in [-0.1, -0.05) is 6.07 Å². The van der Waals surface area contributed by atoms with E-state index in [0.717, 1.165) is 5.69 Å². The monoisotopic (exact) mass is 502 g/mol. The Labute approximate surface area is 205 Å². The van der Waals surface area contributed by atoms with Crippen LogP contribution in [0.2, 0.25) is 0 Å². The maximum absolute atomic E-state index is 15.2. The number of aromatic nitrogens is 1. The molecule has 0 saturated carbocycles. The van der Waals surface area contributed by atoms with Crippen LogP contribution in [0.5, 0.6) is 34.8 Å². The third-order valence-electron chi connectivity index (χ3n) is 4.64. The Morgan fingerprint density at radius 3 is 2.44 bits per heavy atom. The number of phenols is 1. The van der Waals surface area contributed by atoms with Crippen molar-refractivity contribution >= 4 is 17.5 Å². The van der Waals surface area contributed by atoms with Gasteiger partial charge in [-0.05, 0) is 37.3 Å². The molecule has 0 aliphatic carbocycles. The molecule has 4 N–H and O–H groups in total. The van der Waals surface area contributed by atoms with E-state index in [9.17, 15) is 9.90 Å². The van der Waals surface area contributed by atoms with Crippen LogP contribution >= 0.6 is 0 Å². The maximum Gasteiger partial charge on any atom is 0.344 e. The van der Waals surface area contributed by atoms with E-state index >= 15 is 8.78 Å². The van der Waals surface area contributed by atoms with Crippen LogP contribution in [0.4, 0.5) is 14.5 Å². The highest BCUT2D eigenvalue weighted by atomic mass is 19.1. The molecule has 0 spiro atoms. The summed E-state index contributed by atoms with van der Waals surface area (Å²) in [7, 11) is 3.59. The molecule has 2 aromatic carbocycles. The van der Waals surface area contributed by atoms with Gasteiger partial charge in [0.05, 0.1) is 6.61 Å². The first-order chi connectivity index (χ1) is 17.1. The minimum Gasteiger partial charge on any atom is -0.504 e. The molecule has 0 aliphatic rings.